The second kappa shape index (κ2) is 4.45. The van der Waals surface area contributed by atoms with E-state index in [-0.39, 0.29) is 0 Å². The van der Waals surface area contributed by atoms with E-state index in [0.717, 1.165) is 18.4 Å². The van der Waals surface area contributed by atoms with E-state index in [1.807, 2.05) is 11.5 Å². The van der Waals surface area contributed by atoms with Gasteiger partial charge in [-0.2, -0.15) is 0 Å². The Morgan fingerprint density at radius 1 is 1.67 bits per heavy atom. The summed E-state index contributed by atoms with van der Waals surface area (Å²) in [7, 11) is 0. The van der Waals surface area contributed by atoms with Crippen LogP contribution in [0.3, 0.4) is 0 Å². The molecule has 2 atom stereocenters. The van der Waals surface area contributed by atoms with E-state index in [9.17, 15) is 5.11 Å². The van der Waals surface area contributed by atoms with E-state index < -0.39 is 5.60 Å². The van der Waals surface area contributed by atoms with Gasteiger partial charge in [0.05, 0.1) is 0 Å². The van der Waals surface area contributed by atoms with Crippen LogP contribution in [-0.4, -0.2) is 9.48 Å². The third kappa shape index (κ3) is 2.29. The lowest BCUT2D eigenvalue weighted by Crippen LogP contribution is -2.26. The van der Waals surface area contributed by atoms with Crippen LogP contribution in [0.15, 0.2) is 23.7 Å². The van der Waals surface area contributed by atoms with Crippen molar-refractivity contribution in [3.05, 3.63) is 29.3 Å². The van der Waals surface area contributed by atoms with Gasteiger partial charge in [0.1, 0.15) is 5.60 Å². The Kier molecular flexibility index (Phi) is 3.22. The number of aromatic nitrogens is 1. The van der Waals surface area contributed by atoms with E-state index >= 15 is 0 Å². The van der Waals surface area contributed by atoms with Crippen LogP contribution in [0.25, 0.3) is 0 Å². The first kappa shape index (κ1) is 10.8. The maximum Gasteiger partial charge on any atom is 0.110 e. The number of aliphatic hydroxyl groups is 1. The van der Waals surface area contributed by atoms with Gasteiger partial charge in [-0.15, -0.1) is 0 Å². The van der Waals surface area contributed by atoms with E-state index in [2.05, 4.69) is 17.4 Å². The quantitative estimate of drug-likeness (QED) is 0.799. The smallest absolute Gasteiger partial charge is 0.110 e. The molecule has 1 N–H and O–H groups in total. The standard InChI is InChI=1S/C12H17NOS/c1-2-3-10-4-6-12(14,7-5-10)11-8-13-15-9-11/h4,6,8-10,14H,2-3,5,7H2,1H3. The maximum absolute atomic E-state index is 10.4. The number of rotatable bonds is 3. The second-order valence-corrected chi connectivity index (χ2v) is 4.94. The third-order valence-corrected chi connectivity index (χ3v) is 3.72. The van der Waals surface area contributed by atoms with Gasteiger partial charge in [-0.05, 0) is 36.7 Å². The summed E-state index contributed by atoms with van der Waals surface area (Å²) in [5.74, 6) is 0.655. The average molecular weight is 223 g/mol. The Hall–Kier alpha value is -0.670. The molecule has 0 aromatic carbocycles. The Balaban J connectivity index is 2.10. The summed E-state index contributed by atoms with van der Waals surface area (Å²) in [6, 6.07) is 0. The minimum absolute atomic E-state index is 0.655. The molecule has 0 radical (unpaired) electrons. The molecule has 1 aromatic heterocycles. The monoisotopic (exact) mass is 223 g/mol. The zero-order chi connectivity index (χ0) is 10.7. The lowest BCUT2D eigenvalue weighted by Gasteiger charge is -2.30. The molecular formula is C12H17NOS. The van der Waals surface area contributed by atoms with Gasteiger partial charge in [-0.1, -0.05) is 25.5 Å². The van der Waals surface area contributed by atoms with Crippen molar-refractivity contribution in [2.24, 2.45) is 5.92 Å². The van der Waals surface area contributed by atoms with Crippen LogP contribution in [0.2, 0.25) is 0 Å². The second-order valence-electron chi connectivity index (χ2n) is 4.28. The molecule has 15 heavy (non-hydrogen) atoms. The fraction of sp³-hybridized carbons (Fsp3) is 0.583. The van der Waals surface area contributed by atoms with Crippen molar-refractivity contribution < 1.29 is 5.11 Å². The molecule has 2 nitrogen and oxygen atoms in total. The predicted octanol–water partition coefficient (Wildman–Crippen LogP) is 3.10. The SMILES string of the molecule is CCCC1C=CC(O)(c2cnsc2)CC1. The summed E-state index contributed by atoms with van der Waals surface area (Å²) in [6.45, 7) is 2.21. The van der Waals surface area contributed by atoms with Crippen molar-refractivity contribution in [1.29, 1.82) is 0 Å². The van der Waals surface area contributed by atoms with Gasteiger partial charge in [0.15, 0.2) is 0 Å². The predicted molar refractivity (Wildman–Crippen MR) is 62.8 cm³/mol. The van der Waals surface area contributed by atoms with Gasteiger partial charge in [-0.25, -0.2) is 4.37 Å². The molecule has 1 aliphatic carbocycles. The molecule has 1 heterocycles. The highest BCUT2D eigenvalue weighted by atomic mass is 32.1. The van der Waals surface area contributed by atoms with Crippen LogP contribution in [0, 0.1) is 5.92 Å². The van der Waals surface area contributed by atoms with Gasteiger partial charge in [-0.3, -0.25) is 0 Å². The van der Waals surface area contributed by atoms with Gasteiger partial charge in [0.25, 0.3) is 0 Å². The maximum atomic E-state index is 10.4. The van der Waals surface area contributed by atoms with E-state index in [1.54, 1.807) is 6.20 Å². The highest BCUT2D eigenvalue weighted by Gasteiger charge is 2.30. The molecule has 0 saturated carbocycles. The lowest BCUT2D eigenvalue weighted by atomic mass is 9.80. The Labute approximate surface area is 94.8 Å². The molecule has 82 valence electrons. The van der Waals surface area contributed by atoms with Crippen LogP contribution in [0.5, 0.6) is 0 Å². The molecule has 2 rings (SSSR count). The van der Waals surface area contributed by atoms with Crippen molar-refractivity contribution >= 4 is 11.5 Å². The van der Waals surface area contributed by atoms with Crippen molar-refractivity contribution in [2.75, 3.05) is 0 Å². The molecule has 0 amide bonds. The zero-order valence-electron chi connectivity index (χ0n) is 9.02. The van der Waals surface area contributed by atoms with Gasteiger partial charge in [0.2, 0.25) is 0 Å². The summed E-state index contributed by atoms with van der Waals surface area (Å²) in [4.78, 5) is 0. The molecule has 3 heteroatoms. The molecule has 0 fully saturated rings. The fourth-order valence-corrected chi connectivity index (χ4v) is 2.76. The summed E-state index contributed by atoms with van der Waals surface area (Å²) in [5.41, 5.74) is 0.191. The summed E-state index contributed by atoms with van der Waals surface area (Å²) < 4.78 is 4.05. The average Bonchev–Trinajstić information content (AvgIpc) is 2.76. The minimum atomic E-state index is -0.753. The number of allylic oxidation sites excluding steroid dienone is 1. The summed E-state index contributed by atoms with van der Waals surface area (Å²) in [6.07, 6.45) is 10.3. The van der Waals surface area contributed by atoms with Gasteiger partial charge in [0, 0.05) is 17.1 Å². The minimum Gasteiger partial charge on any atom is -0.381 e. The van der Waals surface area contributed by atoms with Gasteiger partial charge < -0.3 is 5.11 Å². The first-order valence-corrected chi connectivity index (χ1v) is 6.40. The highest BCUT2D eigenvalue weighted by Crippen LogP contribution is 2.36. The Morgan fingerprint density at radius 3 is 3.07 bits per heavy atom. The molecule has 1 aliphatic rings. The number of nitrogens with zero attached hydrogens (tertiary/aromatic N) is 1. The van der Waals surface area contributed by atoms with Crippen LogP contribution in [-0.2, 0) is 5.60 Å². The highest BCUT2D eigenvalue weighted by molar-refractivity contribution is 7.03. The fourth-order valence-electron chi connectivity index (χ4n) is 2.15. The van der Waals surface area contributed by atoms with Crippen molar-refractivity contribution in [3.63, 3.8) is 0 Å². The Bertz CT molecular complexity index is 333. The van der Waals surface area contributed by atoms with Crippen LogP contribution >= 0.6 is 11.5 Å². The lowest BCUT2D eigenvalue weighted by molar-refractivity contribution is 0.0659. The molecule has 0 saturated heterocycles. The summed E-state index contributed by atoms with van der Waals surface area (Å²) >= 11 is 1.40. The Morgan fingerprint density at radius 2 is 2.53 bits per heavy atom. The van der Waals surface area contributed by atoms with Crippen molar-refractivity contribution in [3.8, 4) is 0 Å². The van der Waals surface area contributed by atoms with E-state index in [0.29, 0.717) is 5.92 Å². The van der Waals surface area contributed by atoms with E-state index in [1.165, 1.54) is 24.4 Å². The van der Waals surface area contributed by atoms with Gasteiger partial charge >= 0.3 is 0 Å². The normalized spacial score (nSPS) is 30.7. The first-order chi connectivity index (χ1) is 7.24. The molecule has 0 aliphatic heterocycles. The molecule has 0 bridgehead atoms. The number of hydrogen-bond donors (Lipinski definition) is 1. The third-order valence-electron chi connectivity index (χ3n) is 3.13. The molecule has 2 unspecified atom stereocenters. The molecule has 0 spiro atoms. The molecule has 1 aromatic rings. The topological polar surface area (TPSA) is 33.1 Å². The van der Waals surface area contributed by atoms with Crippen LogP contribution in [0.4, 0.5) is 0 Å². The van der Waals surface area contributed by atoms with E-state index in [4.69, 9.17) is 0 Å². The van der Waals surface area contributed by atoms with Crippen LogP contribution < -0.4 is 0 Å². The van der Waals surface area contributed by atoms with Crippen molar-refractivity contribution in [2.45, 2.75) is 38.2 Å². The zero-order valence-corrected chi connectivity index (χ0v) is 9.83. The number of hydrogen-bond acceptors (Lipinski definition) is 3. The van der Waals surface area contributed by atoms with Crippen molar-refractivity contribution in [1.82, 2.24) is 4.37 Å². The summed E-state index contributed by atoms with van der Waals surface area (Å²) in [5, 5.41) is 12.3. The van der Waals surface area contributed by atoms with Crippen LogP contribution in [0.1, 0.15) is 38.2 Å². The largest absolute Gasteiger partial charge is 0.381 e. The first-order valence-electron chi connectivity index (χ1n) is 5.56. The molecular weight excluding hydrogens is 206 g/mol.